The van der Waals surface area contributed by atoms with Gasteiger partial charge >= 0.3 is 5.97 Å². The Morgan fingerprint density at radius 2 is 1.49 bits per heavy atom. The normalized spacial score (nSPS) is 12.7. The van der Waals surface area contributed by atoms with Crippen LogP contribution in [0.2, 0.25) is 0 Å². The van der Waals surface area contributed by atoms with Crippen molar-refractivity contribution in [3.8, 4) is 0 Å². The number of halogens is 1. The van der Waals surface area contributed by atoms with Gasteiger partial charge in [0.15, 0.2) is 12.4 Å². The average Bonchev–Trinajstić information content (AvgIpc) is 3.13. The Morgan fingerprint density at radius 1 is 0.857 bits per heavy atom. The van der Waals surface area contributed by atoms with E-state index in [9.17, 15) is 23.6 Å². The fraction of sp³-hybridized carbons (Fsp3) is 0.0741. The number of pyridine rings is 1. The molecule has 0 saturated heterocycles. The van der Waals surface area contributed by atoms with Crippen LogP contribution in [0, 0.1) is 12.7 Å². The number of esters is 1. The van der Waals surface area contributed by atoms with E-state index in [4.69, 9.17) is 4.74 Å². The summed E-state index contributed by atoms with van der Waals surface area (Å²) in [7, 11) is 0. The Bertz CT molecular complexity index is 1530. The van der Waals surface area contributed by atoms with E-state index in [2.05, 4.69) is 4.98 Å². The number of hydrogen-bond donors (Lipinski definition) is 0. The van der Waals surface area contributed by atoms with Crippen LogP contribution >= 0.6 is 0 Å². The lowest BCUT2D eigenvalue weighted by atomic mass is 10.0. The molecule has 0 unspecified atom stereocenters. The van der Waals surface area contributed by atoms with E-state index in [1.54, 1.807) is 25.1 Å². The molecule has 0 bridgehead atoms. The van der Waals surface area contributed by atoms with Gasteiger partial charge in [-0.25, -0.2) is 14.1 Å². The molecular weight excluding hydrogens is 451 g/mol. The van der Waals surface area contributed by atoms with Gasteiger partial charge in [-0.2, -0.15) is 0 Å². The number of para-hydroxylation sites is 1. The van der Waals surface area contributed by atoms with Gasteiger partial charge in [0, 0.05) is 10.9 Å². The van der Waals surface area contributed by atoms with Crippen LogP contribution in [0.15, 0.2) is 72.8 Å². The minimum Gasteiger partial charge on any atom is -0.454 e. The molecule has 0 N–H and O–H groups in total. The molecule has 1 aliphatic heterocycles. The average molecular weight is 468 g/mol. The Morgan fingerprint density at radius 3 is 2.20 bits per heavy atom. The lowest BCUT2D eigenvalue weighted by Crippen LogP contribution is -2.29. The van der Waals surface area contributed by atoms with Crippen molar-refractivity contribution in [1.29, 1.82) is 0 Å². The number of anilines is 1. The summed E-state index contributed by atoms with van der Waals surface area (Å²) in [6.45, 7) is 1.18. The van der Waals surface area contributed by atoms with Gasteiger partial charge in [-0.15, -0.1) is 0 Å². The first-order valence-corrected chi connectivity index (χ1v) is 10.7. The maximum Gasteiger partial charge on any atom is 0.338 e. The molecule has 2 heterocycles. The molecule has 0 atom stereocenters. The van der Waals surface area contributed by atoms with Gasteiger partial charge in [0.2, 0.25) is 0 Å². The number of amides is 2. The molecule has 3 aromatic carbocycles. The number of imide groups is 1. The zero-order valence-corrected chi connectivity index (χ0v) is 18.4. The van der Waals surface area contributed by atoms with E-state index in [0.29, 0.717) is 27.8 Å². The number of nitrogens with zero attached hydrogens (tertiary/aromatic N) is 2. The summed E-state index contributed by atoms with van der Waals surface area (Å²) in [5.74, 6) is -2.65. The van der Waals surface area contributed by atoms with E-state index >= 15 is 0 Å². The molecular formula is C27H17FN2O5. The molecule has 5 rings (SSSR count). The highest BCUT2D eigenvalue weighted by atomic mass is 19.1. The van der Waals surface area contributed by atoms with Crippen molar-refractivity contribution >= 4 is 40.2 Å². The lowest BCUT2D eigenvalue weighted by molar-refractivity contribution is 0.0474. The molecule has 7 nitrogen and oxygen atoms in total. The first kappa shape index (κ1) is 22.1. The summed E-state index contributed by atoms with van der Waals surface area (Å²) >= 11 is 0. The van der Waals surface area contributed by atoms with Crippen LogP contribution in [0.25, 0.3) is 10.9 Å². The van der Waals surface area contributed by atoms with Gasteiger partial charge in [-0.3, -0.25) is 19.4 Å². The van der Waals surface area contributed by atoms with Crippen LogP contribution in [0.1, 0.15) is 47.1 Å². The van der Waals surface area contributed by atoms with Gasteiger partial charge in [-0.1, -0.05) is 18.2 Å². The van der Waals surface area contributed by atoms with E-state index < -0.39 is 36.0 Å². The third kappa shape index (κ3) is 3.85. The standard InChI is InChI=1S/C27H17FN2O5/c1-15-23-24(20-4-2-3-5-21(20)29-15)26(33)30(25(23)32)19-12-8-17(9-13-19)27(34)35-14-22(31)16-6-10-18(28)11-7-16/h2-13H,14H2,1H3. The van der Waals surface area contributed by atoms with Crippen LogP contribution in [0.3, 0.4) is 0 Å². The highest BCUT2D eigenvalue weighted by molar-refractivity contribution is 6.37. The lowest BCUT2D eigenvalue weighted by Gasteiger charge is -2.14. The molecule has 4 aromatic rings. The van der Waals surface area contributed by atoms with E-state index in [-0.39, 0.29) is 16.7 Å². The van der Waals surface area contributed by atoms with Crippen LogP contribution in [0.5, 0.6) is 0 Å². The number of aromatic nitrogens is 1. The molecule has 1 aliphatic rings. The summed E-state index contributed by atoms with van der Waals surface area (Å²) in [6.07, 6.45) is 0. The van der Waals surface area contributed by atoms with Crippen molar-refractivity contribution in [3.63, 3.8) is 0 Å². The Kier molecular flexibility index (Phi) is 5.41. The molecule has 172 valence electrons. The first-order valence-electron chi connectivity index (χ1n) is 10.7. The van der Waals surface area contributed by atoms with Gasteiger partial charge < -0.3 is 4.74 Å². The number of ketones is 1. The number of aryl methyl sites for hydroxylation is 1. The highest BCUT2D eigenvalue weighted by Gasteiger charge is 2.40. The number of hydrogen-bond acceptors (Lipinski definition) is 6. The quantitative estimate of drug-likeness (QED) is 0.243. The van der Waals surface area contributed by atoms with E-state index in [0.717, 1.165) is 17.0 Å². The first-order chi connectivity index (χ1) is 16.8. The number of Topliss-reactive ketones (excluding diaryl/α,β-unsaturated/α-hetero) is 1. The topological polar surface area (TPSA) is 93.6 Å². The molecule has 0 fully saturated rings. The maximum absolute atomic E-state index is 13.3. The smallest absolute Gasteiger partial charge is 0.338 e. The molecule has 0 spiro atoms. The third-order valence-corrected chi connectivity index (χ3v) is 5.77. The summed E-state index contributed by atoms with van der Waals surface area (Å²) in [5, 5.41) is 0.597. The molecule has 2 amide bonds. The molecule has 8 heteroatoms. The van der Waals surface area contributed by atoms with Crippen LogP contribution in [-0.4, -0.2) is 35.2 Å². The fourth-order valence-corrected chi connectivity index (χ4v) is 4.05. The van der Waals surface area contributed by atoms with Gasteiger partial charge in [0.05, 0.1) is 33.6 Å². The molecule has 0 saturated carbocycles. The highest BCUT2D eigenvalue weighted by Crippen LogP contribution is 2.34. The Labute approximate surface area is 198 Å². The number of fused-ring (bicyclic) bond motifs is 3. The van der Waals surface area contributed by atoms with Crippen molar-refractivity contribution in [3.05, 3.63) is 107 Å². The minimum absolute atomic E-state index is 0.139. The Hall–Kier alpha value is -4.72. The number of carbonyl (C=O) groups excluding carboxylic acids is 4. The van der Waals surface area contributed by atoms with Crippen LogP contribution in [0.4, 0.5) is 10.1 Å². The van der Waals surface area contributed by atoms with Crippen molar-refractivity contribution in [2.24, 2.45) is 0 Å². The number of carbonyl (C=O) groups is 4. The Balaban J connectivity index is 1.34. The van der Waals surface area contributed by atoms with Crippen molar-refractivity contribution in [2.45, 2.75) is 6.92 Å². The van der Waals surface area contributed by atoms with Gasteiger partial charge in [0.1, 0.15) is 5.82 Å². The zero-order chi connectivity index (χ0) is 24.7. The second-order valence-corrected chi connectivity index (χ2v) is 7.96. The summed E-state index contributed by atoms with van der Waals surface area (Å²) in [5.41, 5.74) is 2.31. The number of benzene rings is 3. The van der Waals surface area contributed by atoms with Gasteiger partial charge in [0.25, 0.3) is 11.8 Å². The SMILES string of the molecule is Cc1nc2ccccc2c2c1C(=O)N(c1ccc(C(=O)OCC(=O)c3ccc(F)cc3)cc1)C2=O. The largest absolute Gasteiger partial charge is 0.454 e. The van der Waals surface area contributed by atoms with Crippen molar-refractivity contribution in [1.82, 2.24) is 4.98 Å². The van der Waals surface area contributed by atoms with Gasteiger partial charge in [-0.05, 0) is 61.5 Å². The van der Waals surface area contributed by atoms with E-state index in [1.807, 2.05) is 6.07 Å². The predicted octanol–water partition coefficient (Wildman–Crippen LogP) is 4.52. The van der Waals surface area contributed by atoms with E-state index in [1.165, 1.54) is 36.4 Å². The molecule has 1 aromatic heterocycles. The second-order valence-electron chi connectivity index (χ2n) is 7.96. The van der Waals surface area contributed by atoms with Crippen molar-refractivity contribution < 1.29 is 28.3 Å². The monoisotopic (exact) mass is 468 g/mol. The molecule has 0 radical (unpaired) electrons. The fourth-order valence-electron chi connectivity index (χ4n) is 4.05. The number of ether oxygens (including phenoxy) is 1. The van der Waals surface area contributed by atoms with Crippen LogP contribution in [-0.2, 0) is 4.74 Å². The summed E-state index contributed by atoms with van der Waals surface area (Å²) < 4.78 is 18.1. The molecule has 0 aliphatic carbocycles. The zero-order valence-electron chi connectivity index (χ0n) is 18.4. The predicted molar refractivity (Wildman–Crippen MR) is 125 cm³/mol. The second kappa shape index (κ2) is 8.57. The number of rotatable bonds is 5. The van der Waals surface area contributed by atoms with Crippen LogP contribution < -0.4 is 4.90 Å². The van der Waals surface area contributed by atoms with Crippen molar-refractivity contribution in [2.75, 3.05) is 11.5 Å². The molecule has 35 heavy (non-hydrogen) atoms. The minimum atomic E-state index is -0.750. The summed E-state index contributed by atoms with van der Waals surface area (Å²) in [4.78, 5) is 56.4. The maximum atomic E-state index is 13.3. The third-order valence-electron chi connectivity index (χ3n) is 5.77. The summed E-state index contributed by atoms with van der Waals surface area (Å²) in [6, 6.07) is 17.8.